The van der Waals surface area contributed by atoms with Gasteiger partial charge in [0.15, 0.2) is 0 Å². The van der Waals surface area contributed by atoms with Crippen LogP contribution in [0.15, 0.2) is 28.8 Å². The molecule has 0 saturated carbocycles. The Morgan fingerprint density at radius 2 is 2.23 bits per heavy atom. The quantitative estimate of drug-likeness (QED) is 0.870. The van der Waals surface area contributed by atoms with Gasteiger partial charge >= 0.3 is 12.2 Å². The van der Waals surface area contributed by atoms with E-state index in [-0.39, 0.29) is 12.6 Å². The van der Waals surface area contributed by atoms with Crippen molar-refractivity contribution in [3.63, 3.8) is 0 Å². The van der Waals surface area contributed by atoms with E-state index in [1.54, 1.807) is 29.2 Å². The van der Waals surface area contributed by atoms with Crippen molar-refractivity contribution in [1.82, 2.24) is 15.5 Å². The van der Waals surface area contributed by atoms with E-state index in [0.29, 0.717) is 35.8 Å². The molecule has 10 heteroatoms. The largest absolute Gasteiger partial charge is 0.405 e. The first kappa shape index (κ1) is 18.5. The van der Waals surface area contributed by atoms with Crippen molar-refractivity contribution >= 4 is 23.5 Å². The van der Waals surface area contributed by atoms with E-state index in [1.807, 2.05) is 5.32 Å². The molecule has 1 atom stereocenters. The Bertz CT molecular complexity index is 781. The number of anilines is 1. The average molecular weight is 389 g/mol. The smallest absolute Gasteiger partial charge is 0.347 e. The highest BCUT2D eigenvalue weighted by atomic mass is 35.5. The van der Waals surface area contributed by atoms with Crippen LogP contribution in [0.3, 0.4) is 0 Å². The number of hydrogen-bond acceptors (Lipinski definition) is 5. The average Bonchev–Trinajstić information content (AvgIpc) is 3.09. The Labute approximate surface area is 152 Å². The zero-order valence-electron chi connectivity index (χ0n) is 13.6. The fraction of sp³-hybridized carbons (Fsp3) is 0.438. The molecule has 1 aromatic carbocycles. The van der Waals surface area contributed by atoms with Gasteiger partial charge in [-0.25, -0.2) is 0 Å². The number of halogens is 4. The Hall–Kier alpha value is -2.29. The van der Waals surface area contributed by atoms with Gasteiger partial charge in [-0.15, -0.1) is 0 Å². The van der Waals surface area contributed by atoms with Gasteiger partial charge in [0.2, 0.25) is 11.7 Å². The first-order valence-corrected chi connectivity index (χ1v) is 8.39. The third kappa shape index (κ3) is 4.66. The second-order valence-corrected chi connectivity index (χ2v) is 6.47. The zero-order valence-corrected chi connectivity index (χ0v) is 14.3. The minimum Gasteiger partial charge on any atom is -0.347 e. The molecule has 1 unspecified atom stereocenters. The molecule has 1 saturated heterocycles. The SMILES string of the molecule is O=C(NCC(F)(F)F)C1CCCN(c2nc(-c3cccc(Cl)c3)no2)C1. The molecular weight excluding hydrogens is 373 g/mol. The predicted octanol–water partition coefficient (Wildman–Crippen LogP) is 3.28. The number of benzene rings is 1. The van der Waals surface area contributed by atoms with Crippen molar-refractivity contribution in [2.45, 2.75) is 19.0 Å². The van der Waals surface area contributed by atoms with Gasteiger partial charge in [0.25, 0.3) is 0 Å². The van der Waals surface area contributed by atoms with E-state index in [4.69, 9.17) is 16.1 Å². The number of piperidine rings is 1. The summed E-state index contributed by atoms with van der Waals surface area (Å²) in [7, 11) is 0. The normalized spacial score (nSPS) is 18.0. The summed E-state index contributed by atoms with van der Waals surface area (Å²) in [5, 5.41) is 6.37. The first-order chi connectivity index (χ1) is 12.3. The molecule has 1 aromatic heterocycles. The van der Waals surface area contributed by atoms with E-state index in [0.717, 1.165) is 0 Å². The van der Waals surface area contributed by atoms with Crippen LogP contribution in [0, 0.1) is 5.92 Å². The lowest BCUT2D eigenvalue weighted by Gasteiger charge is -2.30. The van der Waals surface area contributed by atoms with Crippen LogP contribution in [0.25, 0.3) is 11.4 Å². The van der Waals surface area contributed by atoms with Crippen LogP contribution >= 0.6 is 11.6 Å². The number of amides is 1. The molecule has 26 heavy (non-hydrogen) atoms. The van der Waals surface area contributed by atoms with Crippen LogP contribution in [-0.2, 0) is 4.79 Å². The number of aromatic nitrogens is 2. The van der Waals surface area contributed by atoms with Gasteiger partial charge in [0.1, 0.15) is 6.54 Å². The maximum atomic E-state index is 12.2. The molecule has 1 N–H and O–H groups in total. The molecule has 0 spiro atoms. The number of nitrogens with zero attached hydrogens (tertiary/aromatic N) is 3. The molecule has 1 amide bonds. The minimum absolute atomic E-state index is 0.223. The third-order valence-electron chi connectivity index (χ3n) is 4.02. The Kier molecular flexibility index (Phi) is 5.36. The lowest BCUT2D eigenvalue weighted by atomic mass is 9.97. The third-order valence-corrected chi connectivity index (χ3v) is 4.26. The summed E-state index contributed by atoms with van der Waals surface area (Å²) < 4.78 is 42.0. The van der Waals surface area contributed by atoms with Crippen molar-refractivity contribution in [3.05, 3.63) is 29.3 Å². The van der Waals surface area contributed by atoms with Gasteiger partial charge in [-0.05, 0) is 25.0 Å². The van der Waals surface area contributed by atoms with Gasteiger partial charge in [-0.2, -0.15) is 18.2 Å². The van der Waals surface area contributed by atoms with E-state index in [9.17, 15) is 18.0 Å². The number of alkyl halides is 3. The molecule has 1 aliphatic rings. The van der Waals surface area contributed by atoms with E-state index >= 15 is 0 Å². The van der Waals surface area contributed by atoms with Crippen LogP contribution in [0.2, 0.25) is 5.02 Å². The van der Waals surface area contributed by atoms with Crippen molar-refractivity contribution in [3.8, 4) is 11.4 Å². The van der Waals surface area contributed by atoms with Crippen LogP contribution < -0.4 is 10.2 Å². The molecule has 3 rings (SSSR count). The number of nitrogens with one attached hydrogen (secondary N) is 1. The molecule has 0 bridgehead atoms. The summed E-state index contributed by atoms with van der Waals surface area (Å²) in [5.41, 5.74) is 0.684. The summed E-state index contributed by atoms with van der Waals surface area (Å²) in [6.07, 6.45) is -3.28. The van der Waals surface area contributed by atoms with Crippen LogP contribution in [-0.4, -0.2) is 41.9 Å². The molecule has 0 radical (unpaired) electrons. The first-order valence-electron chi connectivity index (χ1n) is 8.01. The number of rotatable bonds is 4. The molecular formula is C16H16ClF3N4O2. The monoisotopic (exact) mass is 388 g/mol. The molecule has 6 nitrogen and oxygen atoms in total. The molecule has 1 aliphatic heterocycles. The van der Waals surface area contributed by atoms with Gasteiger partial charge in [0.05, 0.1) is 5.92 Å². The van der Waals surface area contributed by atoms with Crippen molar-refractivity contribution in [1.29, 1.82) is 0 Å². The van der Waals surface area contributed by atoms with Gasteiger partial charge < -0.3 is 14.7 Å². The number of carbonyl (C=O) groups excluding carboxylic acids is 1. The van der Waals surface area contributed by atoms with E-state index in [1.165, 1.54) is 0 Å². The van der Waals surface area contributed by atoms with Crippen LogP contribution in [0.1, 0.15) is 12.8 Å². The van der Waals surface area contributed by atoms with E-state index < -0.39 is 24.5 Å². The van der Waals surface area contributed by atoms with Crippen molar-refractivity contribution < 1.29 is 22.5 Å². The topological polar surface area (TPSA) is 71.3 Å². The Balaban J connectivity index is 1.66. The van der Waals surface area contributed by atoms with Gasteiger partial charge in [-0.1, -0.05) is 28.9 Å². The molecule has 2 heterocycles. The van der Waals surface area contributed by atoms with Gasteiger partial charge in [-0.3, -0.25) is 4.79 Å². The molecule has 0 aliphatic carbocycles. The highest BCUT2D eigenvalue weighted by Gasteiger charge is 2.32. The fourth-order valence-electron chi connectivity index (χ4n) is 2.79. The molecule has 1 fully saturated rings. The summed E-state index contributed by atoms with van der Waals surface area (Å²) in [5.74, 6) is -0.833. The fourth-order valence-corrected chi connectivity index (χ4v) is 2.98. The lowest BCUT2D eigenvalue weighted by molar-refractivity contribution is -0.140. The van der Waals surface area contributed by atoms with Gasteiger partial charge in [0, 0.05) is 23.7 Å². The summed E-state index contributed by atoms with van der Waals surface area (Å²) >= 11 is 5.94. The van der Waals surface area contributed by atoms with Crippen molar-refractivity contribution in [2.24, 2.45) is 5.92 Å². The maximum absolute atomic E-state index is 12.2. The second kappa shape index (κ2) is 7.53. The van der Waals surface area contributed by atoms with Crippen LogP contribution in [0.5, 0.6) is 0 Å². The Morgan fingerprint density at radius 3 is 2.96 bits per heavy atom. The lowest BCUT2D eigenvalue weighted by Crippen LogP contribution is -2.45. The highest BCUT2D eigenvalue weighted by Crippen LogP contribution is 2.26. The summed E-state index contributed by atoms with van der Waals surface area (Å²) in [4.78, 5) is 18.0. The predicted molar refractivity (Wildman–Crippen MR) is 88.7 cm³/mol. The van der Waals surface area contributed by atoms with Crippen molar-refractivity contribution in [2.75, 3.05) is 24.5 Å². The summed E-state index contributed by atoms with van der Waals surface area (Å²) in [6.45, 7) is -0.525. The van der Waals surface area contributed by atoms with Crippen LogP contribution in [0.4, 0.5) is 19.2 Å². The number of carbonyl (C=O) groups is 1. The molecule has 140 valence electrons. The zero-order chi connectivity index (χ0) is 18.7. The Morgan fingerprint density at radius 1 is 1.42 bits per heavy atom. The minimum atomic E-state index is -4.43. The standard InChI is InChI=1S/C16H16ClF3N4O2/c17-12-5-1-3-10(7-12)13-22-15(26-23-13)24-6-2-4-11(8-24)14(25)21-9-16(18,19)20/h1,3,5,7,11H,2,4,6,8-9H2,(H,21,25). The molecule has 2 aromatic rings. The second-order valence-electron chi connectivity index (χ2n) is 6.03. The van der Waals surface area contributed by atoms with E-state index in [2.05, 4.69) is 10.1 Å². The summed E-state index contributed by atoms with van der Waals surface area (Å²) in [6, 6.07) is 7.19. The number of hydrogen-bond donors (Lipinski definition) is 1. The maximum Gasteiger partial charge on any atom is 0.405 e. The highest BCUT2D eigenvalue weighted by molar-refractivity contribution is 6.30.